The summed E-state index contributed by atoms with van der Waals surface area (Å²) in [5.74, 6) is -4.33. The van der Waals surface area contributed by atoms with Crippen molar-refractivity contribution >= 4 is 17.7 Å². The zero-order valence-electron chi connectivity index (χ0n) is 14.7. The summed E-state index contributed by atoms with van der Waals surface area (Å²) in [7, 11) is 2.37. The van der Waals surface area contributed by atoms with E-state index in [1.54, 1.807) is 18.2 Å². The lowest BCUT2D eigenvalue weighted by Crippen LogP contribution is -2.55. The van der Waals surface area contributed by atoms with E-state index >= 15 is 0 Å². The summed E-state index contributed by atoms with van der Waals surface area (Å²) < 4.78 is 20.3. The van der Waals surface area contributed by atoms with E-state index in [1.165, 1.54) is 21.1 Å². The van der Waals surface area contributed by atoms with E-state index in [9.17, 15) is 19.5 Å². The molecule has 0 radical (unpaired) electrons. The van der Waals surface area contributed by atoms with Crippen molar-refractivity contribution in [2.75, 3.05) is 21.0 Å². The first kappa shape index (κ1) is 18.2. The van der Waals surface area contributed by atoms with E-state index in [2.05, 4.69) is 0 Å². The molecule has 1 fully saturated rings. The maximum atomic E-state index is 12.6. The fraction of sp³-hybridized carbons (Fsp3) is 0.500. The molecule has 26 heavy (non-hydrogen) atoms. The number of benzene rings is 1. The quantitative estimate of drug-likeness (QED) is 0.620. The number of methoxy groups -OCH3 is 2. The van der Waals surface area contributed by atoms with Crippen molar-refractivity contribution < 1.29 is 38.4 Å². The molecule has 1 saturated carbocycles. The van der Waals surface area contributed by atoms with Crippen LogP contribution in [0.3, 0.4) is 0 Å². The number of ketones is 1. The maximum Gasteiger partial charge on any atom is 0.316 e. The molecule has 0 amide bonds. The summed E-state index contributed by atoms with van der Waals surface area (Å²) in [6.07, 6.45) is -0.354. The number of hydrogen-bond donors (Lipinski definition) is 1. The number of aliphatic hydroxyl groups is 1. The van der Waals surface area contributed by atoms with Crippen molar-refractivity contribution in [3.63, 3.8) is 0 Å². The highest BCUT2D eigenvalue weighted by Crippen LogP contribution is 2.48. The van der Waals surface area contributed by atoms with E-state index in [0.29, 0.717) is 17.1 Å². The Balaban J connectivity index is 2.15. The number of esters is 2. The minimum Gasteiger partial charge on any atom is -0.469 e. The molecule has 0 bridgehead atoms. The Morgan fingerprint density at radius 1 is 1.15 bits per heavy atom. The molecule has 0 aromatic heterocycles. The van der Waals surface area contributed by atoms with Gasteiger partial charge in [-0.25, -0.2) is 0 Å². The van der Waals surface area contributed by atoms with Gasteiger partial charge in [0.15, 0.2) is 17.3 Å². The van der Waals surface area contributed by atoms with Crippen molar-refractivity contribution in [3.05, 3.63) is 23.8 Å². The van der Waals surface area contributed by atoms with E-state index < -0.39 is 41.1 Å². The van der Waals surface area contributed by atoms with Crippen molar-refractivity contribution in [2.24, 2.45) is 11.8 Å². The van der Waals surface area contributed by atoms with Crippen LogP contribution in [0.4, 0.5) is 0 Å². The fourth-order valence-electron chi connectivity index (χ4n) is 3.79. The maximum absolute atomic E-state index is 12.6. The molecule has 1 aromatic carbocycles. The number of rotatable bonds is 3. The summed E-state index contributed by atoms with van der Waals surface area (Å²) in [6, 6.07) is 4.88. The number of ether oxygens (including phenoxy) is 4. The van der Waals surface area contributed by atoms with Gasteiger partial charge in [-0.1, -0.05) is 6.07 Å². The second kappa shape index (κ2) is 6.60. The normalized spacial score (nSPS) is 30.0. The van der Waals surface area contributed by atoms with Crippen LogP contribution >= 0.6 is 0 Å². The lowest BCUT2D eigenvalue weighted by Gasteiger charge is -2.43. The van der Waals surface area contributed by atoms with Crippen LogP contribution in [0.2, 0.25) is 0 Å². The molecular weight excluding hydrogens is 344 g/mol. The Hall–Kier alpha value is -2.61. The summed E-state index contributed by atoms with van der Waals surface area (Å²) >= 11 is 0. The third-order valence-electron chi connectivity index (χ3n) is 4.96. The molecule has 3 rings (SSSR count). The van der Waals surface area contributed by atoms with Crippen LogP contribution < -0.4 is 9.47 Å². The Morgan fingerprint density at radius 2 is 1.81 bits per heavy atom. The number of carbonyl (C=O) groups is 3. The van der Waals surface area contributed by atoms with Gasteiger partial charge in [-0.15, -0.1) is 0 Å². The monoisotopic (exact) mass is 364 g/mol. The molecule has 1 aromatic rings. The molecule has 0 spiro atoms. The Labute approximate surface area is 150 Å². The largest absolute Gasteiger partial charge is 0.469 e. The number of hydrogen-bond acceptors (Lipinski definition) is 8. The van der Waals surface area contributed by atoms with Crippen molar-refractivity contribution in [3.8, 4) is 11.5 Å². The third kappa shape index (κ3) is 2.90. The molecule has 2 aliphatic rings. The third-order valence-corrected chi connectivity index (χ3v) is 4.96. The predicted molar refractivity (Wildman–Crippen MR) is 86.6 cm³/mol. The van der Waals surface area contributed by atoms with Crippen molar-refractivity contribution in [1.29, 1.82) is 0 Å². The second-order valence-electron chi connectivity index (χ2n) is 6.64. The second-order valence-corrected chi connectivity index (χ2v) is 6.64. The van der Waals surface area contributed by atoms with E-state index in [1.807, 2.05) is 0 Å². The minimum absolute atomic E-state index is 0.0565. The summed E-state index contributed by atoms with van der Waals surface area (Å²) in [4.78, 5) is 37.4. The van der Waals surface area contributed by atoms with Gasteiger partial charge < -0.3 is 24.1 Å². The molecule has 8 nitrogen and oxygen atoms in total. The van der Waals surface area contributed by atoms with Crippen LogP contribution in [-0.2, 0) is 23.9 Å². The molecule has 1 aliphatic heterocycles. The predicted octanol–water partition coefficient (Wildman–Crippen LogP) is 0.801. The molecule has 0 saturated heterocycles. The van der Waals surface area contributed by atoms with Crippen LogP contribution in [0.1, 0.15) is 24.8 Å². The molecule has 8 heteroatoms. The first-order valence-corrected chi connectivity index (χ1v) is 8.10. The number of carbonyl (C=O) groups excluding carboxylic acids is 3. The van der Waals surface area contributed by atoms with Crippen LogP contribution in [0, 0.1) is 11.8 Å². The first-order chi connectivity index (χ1) is 12.3. The van der Waals surface area contributed by atoms with E-state index in [4.69, 9.17) is 18.9 Å². The number of Topliss-reactive ketones (excluding diaryl/α,β-unsaturated/α-hetero) is 1. The summed E-state index contributed by atoms with van der Waals surface area (Å²) in [6.45, 7) is 1.45. The lowest BCUT2D eigenvalue weighted by atomic mass is 9.61. The van der Waals surface area contributed by atoms with Gasteiger partial charge in [-0.3, -0.25) is 14.4 Å². The Morgan fingerprint density at radius 3 is 2.46 bits per heavy atom. The highest BCUT2D eigenvalue weighted by atomic mass is 16.7. The number of fused-ring (bicyclic) bond motifs is 1. The van der Waals surface area contributed by atoms with Gasteiger partial charge in [0.25, 0.3) is 0 Å². The molecule has 1 N–H and O–H groups in total. The van der Waals surface area contributed by atoms with Gasteiger partial charge in [0, 0.05) is 12.3 Å². The zero-order valence-corrected chi connectivity index (χ0v) is 14.7. The SMILES string of the molecule is COC(=O)[C@H]1C(=O)C[C@](C)(O)[C@@H](C(=O)OC)[C@@H]1c1ccc2c(c1)OCO2. The van der Waals surface area contributed by atoms with Crippen LogP contribution in [0.15, 0.2) is 18.2 Å². The van der Waals surface area contributed by atoms with E-state index in [0.717, 1.165) is 0 Å². The Kier molecular flexibility index (Phi) is 4.62. The van der Waals surface area contributed by atoms with Gasteiger partial charge in [-0.05, 0) is 24.6 Å². The van der Waals surface area contributed by atoms with Crippen LogP contribution in [-0.4, -0.2) is 49.4 Å². The highest BCUT2D eigenvalue weighted by molar-refractivity contribution is 6.02. The standard InChI is InChI=1S/C18H20O8/c1-18(22)7-10(19)14(16(20)23-2)13(15(18)17(21)24-3)9-4-5-11-12(6-9)26-8-25-11/h4-6,13-15,22H,7-8H2,1-3H3/t13-,14+,15-,18+/m1/s1. The fourth-order valence-corrected chi connectivity index (χ4v) is 3.79. The molecule has 4 atom stereocenters. The Bertz CT molecular complexity index is 754. The average Bonchev–Trinajstić information content (AvgIpc) is 3.06. The minimum atomic E-state index is -1.67. The molecule has 140 valence electrons. The average molecular weight is 364 g/mol. The lowest BCUT2D eigenvalue weighted by molar-refractivity contribution is -0.170. The molecule has 0 unspecified atom stereocenters. The smallest absolute Gasteiger partial charge is 0.316 e. The van der Waals surface area contributed by atoms with Gasteiger partial charge in [0.2, 0.25) is 6.79 Å². The van der Waals surface area contributed by atoms with Gasteiger partial charge in [0.1, 0.15) is 5.92 Å². The van der Waals surface area contributed by atoms with Gasteiger partial charge >= 0.3 is 11.9 Å². The first-order valence-electron chi connectivity index (χ1n) is 8.10. The molecule has 1 heterocycles. The van der Waals surface area contributed by atoms with Crippen molar-refractivity contribution in [2.45, 2.75) is 24.9 Å². The van der Waals surface area contributed by atoms with Crippen LogP contribution in [0.25, 0.3) is 0 Å². The van der Waals surface area contributed by atoms with Gasteiger partial charge in [-0.2, -0.15) is 0 Å². The summed E-state index contributed by atoms with van der Waals surface area (Å²) in [5.41, 5.74) is -1.19. The van der Waals surface area contributed by atoms with Crippen molar-refractivity contribution in [1.82, 2.24) is 0 Å². The topological polar surface area (TPSA) is 108 Å². The van der Waals surface area contributed by atoms with Crippen LogP contribution in [0.5, 0.6) is 11.5 Å². The van der Waals surface area contributed by atoms with Gasteiger partial charge in [0.05, 0.1) is 25.7 Å². The zero-order chi connectivity index (χ0) is 19.1. The summed E-state index contributed by atoms with van der Waals surface area (Å²) in [5, 5.41) is 10.8. The molecule has 1 aliphatic carbocycles. The highest BCUT2D eigenvalue weighted by Gasteiger charge is 2.57. The molecular formula is C18H20O8. The van der Waals surface area contributed by atoms with E-state index in [-0.39, 0.29) is 13.2 Å².